The summed E-state index contributed by atoms with van der Waals surface area (Å²) in [4.78, 5) is 15.2. The molecular weight excluding hydrogens is 380 g/mol. The maximum atomic E-state index is 5.92. The number of para-hydroxylation sites is 1. The van der Waals surface area contributed by atoms with Gasteiger partial charge in [-0.1, -0.05) is 18.2 Å². The predicted octanol–water partition coefficient (Wildman–Crippen LogP) is 3.46. The SMILES string of the molecule is COc1cc(C)c(CN(C)Cc2nc(N)nc(Nc3ccccc3C)n2)cc1OC. The van der Waals surface area contributed by atoms with Gasteiger partial charge in [-0.3, -0.25) is 4.90 Å². The van der Waals surface area contributed by atoms with Crippen molar-refractivity contribution in [2.24, 2.45) is 0 Å². The summed E-state index contributed by atoms with van der Waals surface area (Å²) in [6, 6.07) is 11.9. The zero-order valence-corrected chi connectivity index (χ0v) is 18.1. The second kappa shape index (κ2) is 9.41. The number of methoxy groups -OCH3 is 2. The Morgan fingerprint density at radius 3 is 2.33 bits per heavy atom. The van der Waals surface area contributed by atoms with Gasteiger partial charge < -0.3 is 20.5 Å². The van der Waals surface area contributed by atoms with E-state index >= 15 is 0 Å². The summed E-state index contributed by atoms with van der Waals surface area (Å²) in [5, 5.41) is 3.22. The van der Waals surface area contributed by atoms with Crippen molar-refractivity contribution in [3.63, 3.8) is 0 Å². The molecule has 0 saturated heterocycles. The van der Waals surface area contributed by atoms with Crippen molar-refractivity contribution >= 4 is 17.6 Å². The van der Waals surface area contributed by atoms with Gasteiger partial charge in [0.15, 0.2) is 11.5 Å². The van der Waals surface area contributed by atoms with Gasteiger partial charge in [0.1, 0.15) is 5.82 Å². The number of hydrogen-bond donors (Lipinski definition) is 2. The highest BCUT2D eigenvalue weighted by Gasteiger charge is 2.13. The summed E-state index contributed by atoms with van der Waals surface area (Å²) in [7, 11) is 5.28. The zero-order valence-electron chi connectivity index (χ0n) is 18.1. The van der Waals surface area contributed by atoms with E-state index in [9.17, 15) is 0 Å². The molecule has 8 nitrogen and oxygen atoms in total. The van der Waals surface area contributed by atoms with Crippen LogP contribution in [0.3, 0.4) is 0 Å². The van der Waals surface area contributed by atoms with Gasteiger partial charge in [0.25, 0.3) is 0 Å². The van der Waals surface area contributed by atoms with E-state index in [1.54, 1.807) is 14.2 Å². The van der Waals surface area contributed by atoms with Crippen molar-refractivity contribution in [3.8, 4) is 11.5 Å². The van der Waals surface area contributed by atoms with Gasteiger partial charge in [-0.05, 0) is 55.8 Å². The number of ether oxygens (including phenoxy) is 2. The topological polar surface area (TPSA) is 98.4 Å². The third-order valence-electron chi connectivity index (χ3n) is 4.78. The molecule has 0 aliphatic heterocycles. The van der Waals surface area contributed by atoms with Crippen LogP contribution in [0.4, 0.5) is 17.6 Å². The molecule has 0 bridgehead atoms. The van der Waals surface area contributed by atoms with Crippen LogP contribution in [-0.2, 0) is 13.1 Å². The molecule has 158 valence electrons. The zero-order chi connectivity index (χ0) is 21.7. The summed E-state index contributed by atoms with van der Waals surface area (Å²) in [5.41, 5.74) is 10.2. The van der Waals surface area contributed by atoms with Crippen molar-refractivity contribution in [2.75, 3.05) is 32.3 Å². The summed E-state index contributed by atoms with van der Waals surface area (Å²) >= 11 is 0. The van der Waals surface area contributed by atoms with Gasteiger partial charge in [0, 0.05) is 12.2 Å². The van der Waals surface area contributed by atoms with Crippen LogP contribution in [0.1, 0.15) is 22.5 Å². The minimum atomic E-state index is 0.187. The highest BCUT2D eigenvalue weighted by atomic mass is 16.5. The van der Waals surface area contributed by atoms with E-state index in [0.29, 0.717) is 30.6 Å². The quantitative estimate of drug-likeness (QED) is 0.585. The second-order valence-electron chi connectivity index (χ2n) is 7.18. The number of nitrogens with one attached hydrogen (secondary N) is 1. The number of nitrogens with two attached hydrogens (primary N) is 1. The first-order chi connectivity index (χ1) is 14.4. The highest BCUT2D eigenvalue weighted by molar-refractivity contribution is 5.58. The molecule has 8 heteroatoms. The van der Waals surface area contributed by atoms with Crippen molar-refractivity contribution in [1.82, 2.24) is 19.9 Å². The number of nitrogens with zero attached hydrogens (tertiary/aromatic N) is 4. The monoisotopic (exact) mass is 408 g/mol. The minimum absolute atomic E-state index is 0.187. The first-order valence-corrected chi connectivity index (χ1v) is 9.62. The first-order valence-electron chi connectivity index (χ1n) is 9.62. The van der Waals surface area contributed by atoms with Crippen molar-refractivity contribution in [2.45, 2.75) is 26.9 Å². The van der Waals surface area contributed by atoms with Crippen molar-refractivity contribution in [3.05, 3.63) is 58.9 Å². The summed E-state index contributed by atoms with van der Waals surface area (Å²) in [6.07, 6.45) is 0. The number of nitrogen functional groups attached to an aromatic ring is 1. The number of anilines is 3. The molecule has 0 saturated carbocycles. The molecule has 1 heterocycles. The lowest BCUT2D eigenvalue weighted by atomic mass is 10.1. The van der Waals surface area contributed by atoms with Crippen molar-refractivity contribution < 1.29 is 9.47 Å². The molecule has 3 aromatic rings. The second-order valence-corrected chi connectivity index (χ2v) is 7.18. The van der Waals surface area contributed by atoms with Crippen LogP contribution >= 0.6 is 0 Å². The van der Waals surface area contributed by atoms with E-state index in [1.807, 2.05) is 50.4 Å². The Hall–Kier alpha value is -3.39. The average Bonchev–Trinajstić information content (AvgIpc) is 2.70. The Kier molecular flexibility index (Phi) is 6.68. The van der Waals surface area contributed by atoms with Gasteiger partial charge in [-0.15, -0.1) is 0 Å². The molecule has 0 unspecified atom stereocenters. The van der Waals surface area contributed by atoms with E-state index in [-0.39, 0.29) is 5.95 Å². The van der Waals surface area contributed by atoms with Crippen LogP contribution in [-0.4, -0.2) is 41.1 Å². The summed E-state index contributed by atoms with van der Waals surface area (Å²) in [5.74, 6) is 2.65. The lowest BCUT2D eigenvalue weighted by molar-refractivity contribution is 0.307. The fourth-order valence-electron chi connectivity index (χ4n) is 3.18. The van der Waals surface area contributed by atoms with Crippen LogP contribution in [0.15, 0.2) is 36.4 Å². The van der Waals surface area contributed by atoms with E-state index < -0.39 is 0 Å². The van der Waals surface area contributed by atoms with Gasteiger partial charge in [0.05, 0.1) is 20.8 Å². The van der Waals surface area contributed by atoms with Gasteiger partial charge >= 0.3 is 0 Å². The first kappa shape index (κ1) is 21.3. The van der Waals surface area contributed by atoms with E-state index in [0.717, 1.165) is 28.1 Å². The maximum absolute atomic E-state index is 5.92. The average molecular weight is 409 g/mol. The maximum Gasteiger partial charge on any atom is 0.232 e. The third-order valence-corrected chi connectivity index (χ3v) is 4.78. The third kappa shape index (κ3) is 5.15. The van der Waals surface area contributed by atoms with E-state index in [1.165, 1.54) is 0 Å². The van der Waals surface area contributed by atoms with Gasteiger partial charge in [-0.2, -0.15) is 15.0 Å². The Labute approximate surface area is 177 Å². The predicted molar refractivity (Wildman–Crippen MR) is 118 cm³/mol. The largest absolute Gasteiger partial charge is 0.493 e. The van der Waals surface area contributed by atoms with E-state index in [2.05, 4.69) is 32.1 Å². The van der Waals surface area contributed by atoms with Crippen LogP contribution in [0.25, 0.3) is 0 Å². The normalized spacial score (nSPS) is 10.9. The fourth-order valence-corrected chi connectivity index (χ4v) is 3.18. The molecule has 0 atom stereocenters. The molecule has 0 amide bonds. The molecule has 0 fully saturated rings. The Balaban J connectivity index is 1.75. The molecule has 3 N–H and O–H groups in total. The summed E-state index contributed by atoms with van der Waals surface area (Å²) in [6.45, 7) is 5.28. The lowest BCUT2D eigenvalue weighted by Crippen LogP contribution is -2.20. The molecule has 0 radical (unpaired) electrons. The molecule has 1 aromatic heterocycles. The van der Waals surface area contributed by atoms with Crippen molar-refractivity contribution in [1.29, 1.82) is 0 Å². The molecule has 30 heavy (non-hydrogen) atoms. The number of hydrogen-bond acceptors (Lipinski definition) is 8. The minimum Gasteiger partial charge on any atom is -0.493 e. The van der Waals surface area contributed by atoms with Gasteiger partial charge in [0.2, 0.25) is 11.9 Å². The Morgan fingerprint density at radius 2 is 1.63 bits per heavy atom. The van der Waals surface area contributed by atoms with Crippen LogP contribution in [0.5, 0.6) is 11.5 Å². The fraction of sp³-hybridized carbons (Fsp3) is 0.318. The number of rotatable bonds is 8. The standard InChI is InChI=1S/C22H28N6O2/c1-14-8-6-7-9-17(14)24-22-26-20(25-21(23)27-22)13-28(3)12-16-11-19(30-5)18(29-4)10-15(16)2/h6-11H,12-13H2,1-5H3,(H3,23,24,25,26,27). The molecule has 0 spiro atoms. The molecule has 0 aliphatic carbocycles. The smallest absolute Gasteiger partial charge is 0.232 e. The summed E-state index contributed by atoms with van der Waals surface area (Å²) < 4.78 is 10.8. The lowest BCUT2D eigenvalue weighted by Gasteiger charge is -2.19. The molecule has 3 rings (SSSR count). The highest BCUT2D eigenvalue weighted by Crippen LogP contribution is 2.30. The molecular formula is C22H28N6O2. The van der Waals surface area contributed by atoms with Crippen LogP contribution in [0, 0.1) is 13.8 Å². The van der Waals surface area contributed by atoms with Gasteiger partial charge in [-0.25, -0.2) is 0 Å². The Morgan fingerprint density at radius 1 is 0.933 bits per heavy atom. The molecule has 0 aliphatic rings. The number of benzene rings is 2. The number of aromatic nitrogens is 3. The van der Waals surface area contributed by atoms with E-state index in [4.69, 9.17) is 15.2 Å². The Bertz CT molecular complexity index is 1020. The molecule has 2 aromatic carbocycles. The van der Waals surface area contributed by atoms with Crippen LogP contribution in [0.2, 0.25) is 0 Å². The number of aryl methyl sites for hydroxylation is 2. The van der Waals surface area contributed by atoms with Crippen LogP contribution < -0.4 is 20.5 Å².